The molecule has 7 nitrogen and oxygen atoms in total. The van der Waals surface area contributed by atoms with Crippen molar-refractivity contribution in [2.24, 2.45) is 0 Å². The number of aromatic amines is 1. The molecule has 2 heterocycles. The molecule has 4 aromatic rings. The van der Waals surface area contributed by atoms with Gasteiger partial charge in [-0.2, -0.15) is 4.98 Å². The normalized spacial score (nSPS) is 10.9. The van der Waals surface area contributed by atoms with Crippen LogP contribution in [-0.4, -0.2) is 27.7 Å². The van der Waals surface area contributed by atoms with Gasteiger partial charge in [0.2, 0.25) is 5.82 Å². The molecule has 0 atom stereocenters. The SMILES string of the molecule is CCOc1ccccc1-c1noc(COC(=O)c2c(C)[nH]c3ccccc23)n1. The van der Waals surface area contributed by atoms with E-state index in [4.69, 9.17) is 14.0 Å². The second-order valence-corrected chi connectivity index (χ2v) is 6.19. The van der Waals surface area contributed by atoms with Gasteiger partial charge in [-0.15, -0.1) is 0 Å². The predicted octanol–water partition coefficient (Wildman–Crippen LogP) is 4.28. The molecule has 0 amide bonds. The average Bonchev–Trinajstić information content (AvgIpc) is 3.30. The molecule has 28 heavy (non-hydrogen) atoms. The number of esters is 1. The number of fused-ring (bicyclic) bond motifs is 1. The number of ether oxygens (including phenoxy) is 2. The number of hydrogen-bond donors (Lipinski definition) is 1. The number of hydrogen-bond acceptors (Lipinski definition) is 6. The highest BCUT2D eigenvalue weighted by Gasteiger charge is 2.19. The Labute approximate surface area is 161 Å². The Kier molecular flexibility index (Phi) is 4.80. The first kappa shape index (κ1) is 17.8. The van der Waals surface area contributed by atoms with Crippen LogP contribution in [-0.2, 0) is 11.3 Å². The molecule has 0 saturated heterocycles. The summed E-state index contributed by atoms with van der Waals surface area (Å²) in [7, 11) is 0. The largest absolute Gasteiger partial charge is 0.493 e. The van der Waals surface area contributed by atoms with E-state index < -0.39 is 5.97 Å². The summed E-state index contributed by atoms with van der Waals surface area (Å²) < 4.78 is 16.2. The van der Waals surface area contributed by atoms with E-state index in [0.29, 0.717) is 23.7 Å². The summed E-state index contributed by atoms with van der Waals surface area (Å²) in [6, 6.07) is 15.0. The fourth-order valence-corrected chi connectivity index (χ4v) is 3.09. The van der Waals surface area contributed by atoms with E-state index in [0.717, 1.165) is 22.2 Å². The Hall–Kier alpha value is -3.61. The second kappa shape index (κ2) is 7.56. The van der Waals surface area contributed by atoms with E-state index in [1.807, 2.05) is 62.4 Å². The van der Waals surface area contributed by atoms with E-state index in [1.54, 1.807) is 0 Å². The molecule has 2 aromatic carbocycles. The zero-order valence-corrected chi connectivity index (χ0v) is 15.6. The Bertz CT molecular complexity index is 1130. The van der Waals surface area contributed by atoms with Crippen molar-refractivity contribution in [2.75, 3.05) is 6.61 Å². The maximum atomic E-state index is 12.6. The van der Waals surface area contributed by atoms with Crippen LogP contribution in [0, 0.1) is 6.92 Å². The van der Waals surface area contributed by atoms with Crippen molar-refractivity contribution in [3.63, 3.8) is 0 Å². The highest BCUT2D eigenvalue weighted by molar-refractivity contribution is 6.05. The molecular weight excluding hydrogens is 358 g/mol. The number of para-hydroxylation sites is 2. The maximum absolute atomic E-state index is 12.6. The van der Waals surface area contributed by atoms with Crippen LogP contribution >= 0.6 is 0 Å². The molecule has 0 unspecified atom stereocenters. The fourth-order valence-electron chi connectivity index (χ4n) is 3.09. The Morgan fingerprint density at radius 1 is 1.14 bits per heavy atom. The average molecular weight is 377 g/mol. The van der Waals surface area contributed by atoms with E-state index >= 15 is 0 Å². The quantitative estimate of drug-likeness (QED) is 0.504. The van der Waals surface area contributed by atoms with Crippen LogP contribution in [0.2, 0.25) is 0 Å². The predicted molar refractivity (Wildman–Crippen MR) is 103 cm³/mol. The minimum atomic E-state index is -0.440. The van der Waals surface area contributed by atoms with Gasteiger partial charge in [-0.1, -0.05) is 35.5 Å². The summed E-state index contributed by atoms with van der Waals surface area (Å²) >= 11 is 0. The van der Waals surface area contributed by atoms with Crippen LogP contribution in [0.1, 0.15) is 28.9 Å². The molecule has 1 N–H and O–H groups in total. The number of benzene rings is 2. The third-order valence-electron chi connectivity index (χ3n) is 4.32. The minimum Gasteiger partial charge on any atom is -0.493 e. The van der Waals surface area contributed by atoms with Crippen molar-refractivity contribution in [3.05, 3.63) is 65.7 Å². The van der Waals surface area contributed by atoms with Gasteiger partial charge in [-0.3, -0.25) is 0 Å². The van der Waals surface area contributed by atoms with E-state index in [1.165, 1.54) is 0 Å². The van der Waals surface area contributed by atoms with Crippen LogP contribution in [0.25, 0.3) is 22.3 Å². The monoisotopic (exact) mass is 377 g/mol. The van der Waals surface area contributed by atoms with Gasteiger partial charge in [-0.05, 0) is 32.0 Å². The maximum Gasteiger partial charge on any atom is 0.341 e. The van der Waals surface area contributed by atoms with Gasteiger partial charge < -0.3 is 19.0 Å². The summed E-state index contributed by atoms with van der Waals surface area (Å²) in [5.41, 5.74) is 2.87. The first-order valence-electron chi connectivity index (χ1n) is 8.96. The lowest BCUT2D eigenvalue weighted by Gasteiger charge is -2.06. The summed E-state index contributed by atoms with van der Waals surface area (Å²) in [5.74, 6) is 0.832. The first-order chi connectivity index (χ1) is 13.7. The Morgan fingerprint density at radius 3 is 2.79 bits per heavy atom. The van der Waals surface area contributed by atoms with E-state index in [-0.39, 0.29) is 12.5 Å². The molecule has 0 bridgehead atoms. The number of aromatic nitrogens is 3. The molecule has 142 valence electrons. The summed E-state index contributed by atoms with van der Waals surface area (Å²) in [6.07, 6.45) is 0. The highest BCUT2D eigenvalue weighted by atomic mass is 16.6. The van der Waals surface area contributed by atoms with Crippen molar-refractivity contribution < 1.29 is 18.8 Å². The summed E-state index contributed by atoms with van der Waals surface area (Å²) in [6.45, 7) is 4.17. The number of aryl methyl sites for hydroxylation is 1. The van der Waals surface area contributed by atoms with Gasteiger partial charge >= 0.3 is 5.97 Å². The van der Waals surface area contributed by atoms with E-state index in [2.05, 4.69) is 15.1 Å². The van der Waals surface area contributed by atoms with Gasteiger partial charge in [0.25, 0.3) is 5.89 Å². The van der Waals surface area contributed by atoms with Gasteiger partial charge in [0.1, 0.15) is 5.75 Å². The summed E-state index contributed by atoms with van der Waals surface area (Å²) in [5, 5.41) is 4.80. The fraction of sp³-hybridized carbons (Fsp3) is 0.190. The Balaban J connectivity index is 1.51. The molecule has 0 spiro atoms. The van der Waals surface area contributed by atoms with Crippen LogP contribution in [0.4, 0.5) is 0 Å². The molecular formula is C21H19N3O4. The lowest BCUT2D eigenvalue weighted by atomic mass is 10.1. The molecule has 0 aliphatic carbocycles. The first-order valence-corrected chi connectivity index (χ1v) is 8.96. The lowest BCUT2D eigenvalue weighted by Crippen LogP contribution is -2.06. The molecule has 0 saturated carbocycles. The lowest BCUT2D eigenvalue weighted by molar-refractivity contribution is 0.0431. The molecule has 7 heteroatoms. The number of rotatable bonds is 6. The number of nitrogens with zero attached hydrogens (tertiary/aromatic N) is 2. The van der Waals surface area contributed by atoms with Crippen LogP contribution in [0.5, 0.6) is 5.75 Å². The highest BCUT2D eigenvalue weighted by Crippen LogP contribution is 2.28. The van der Waals surface area contributed by atoms with Gasteiger partial charge in [0.05, 0.1) is 17.7 Å². The zero-order valence-electron chi connectivity index (χ0n) is 15.6. The van der Waals surface area contributed by atoms with Crippen molar-refractivity contribution in [3.8, 4) is 17.1 Å². The van der Waals surface area contributed by atoms with Crippen molar-refractivity contribution >= 4 is 16.9 Å². The number of carbonyl (C=O) groups is 1. The Morgan fingerprint density at radius 2 is 1.93 bits per heavy atom. The number of H-pyrrole nitrogens is 1. The third kappa shape index (κ3) is 3.34. The van der Waals surface area contributed by atoms with Crippen molar-refractivity contribution in [1.29, 1.82) is 0 Å². The smallest absolute Gasteiger partial charge is 0.341 e. The molecule has 0 fully saturated rings. The van der Waals surface area contributed by atoms with Crippen molar-refractivity contribution in [2.45, 2.75) is 20.5 Å². The topological polar surface area (TPSA) is 90.2 Å². The van der Waals surface area contributed by atoms with Gasteiger partial charge in [-0.25, -0.2) is 4.79 Å². The molecule has 0 radical (unpaired) electrons. The van der Waals surface area contributed by atoms with Crippen LogP contribution in [0.3, 0.4) is 0 Å². The van der Waals surface area contributed by atoms with Gasteiger partial charge in [0, 0.05) is 16.6 Å². The standard InChI is InChI=1S/C21H19N3O4/c1-3-26-17-11-7-5-9-15(17)20-23-18(28-24-20)12-27-21(25)19-13(2)22-16-10-6-4-8-14(16)19/h4-11,22H,3,12H2,1-2H3. The van der Waals surface area contributed by atoms with E-state index in [9.17, 15) is 4.79 Å². The van der Waals surface area contributed by atoms with Gasteiger partial charge in [0.15, 0.2) is 6.61 Å². The van der Waals surface area contributed by atoms with Crippen LogP contribution < -0.4 is 4.74 Å². The molecule has 2 aromatic heterocycles. The third-order valence-corrected chi connectivity index (χ3v) is 4.32. The number of nitrogens with one attached hydrogen (secondary N) is 1. The summed E-state index contributed by atoms with van der Waals surface area (Å²) in [4.78, 5) is 20.1. The molecule has 0 aliphatic heterocycles. The zero-order chi connectivity index (χ0) is 19.5. The van der Waals surface area contributed by atoms with Crippen LogP contribution in [0.15, 0.2) is 53.1 Å². The minimum absolute atomic E-state index is 0.110. The van der Waals surface area contributed by atoms with Crippen molar-refractivity contribution in [1.82, 2.24) is 15.1 Å². The number of carbonyl (C=O) groups excluding carboxylic acids is 1. The second-order valence-electron chi connectivity index (χ2n) is 6.19. The molecule has 0 aliphatic rings. The molecule has 4 rings (SSSR count).